The molecule has 0 unspecified atom stereocenters. The molecule has 154 valence electrons. The molecule has 9 nitrogen and oxygen atoms in total. The van der Waals surface area contributed by atoms with Crippen molar-refractivity contribution in [2.24, 2.45) is 0 Å². The summed E-state index contributed by atoms with van der Waals surface area (Å²) in [6.07, 6.45) is 2.84. The average molecular weight is 419 g/mol. The Hall–Kier alpha value is -3.14. The van der Waals surface area contributed by atoms with Crippen molar-refractivity contribution in [1.29, 1.82) is 0 Å². The van der Waals surface area contributed by atoms with E-state index in [9.17, 15) is 19.2 Å². The fourth-order valence-electron chi connectivity index (χ4n) is 2.41. The van der Waals surface area contributed by atoms with Gasteiger partial charge in [0, 0.05) is 5.69 Å². The van der Waals surface area contributed by atoms with E-state index in [1.807, 2.05) is 0 Å². The number of carbonyl (C=O) groups excluding carboxylic acids is 3. The first-order chi connectivity index (χ1) is 13.9. The molecule has 0 aliphatic heterocycles. The van der Waals surface area contributed by atoms with Crippen molar-refractivity contribution in [3.05, 3.63) is 51.9 Å². The zero-order chi connectivity index (χ0) is 21.4. The van der Waals surface area contributed by atoms with Crippen molar-refractivity contribution in [2.45, 2.75) is 25.5 Å². The third-order valence-corrected chi connectivity index (χ3v) is 4.34. The molecule has 2 aromatic rings. The van der Waals surface area contributed by atoms with E-state index in [0.717, 1.165) is 22.5 Å². The number of hydrogen-bond acceptors (Lipinski definition) is 8. The van der Waals surface area contributed by atoms with Gasteiger partial charge >= 0.3 is 11.9 Å². The number of benzene rings is 1. The van der Waals surface area contributed by atoms with Crippen molar-refractivity contribution < 1.29 is 23.9 Å². The lowest BCUT2D eigenvalue weighted by atomic mass is 10.2. The number of esters is 2. The molecule has 2 rings (SSSR count). The summed E-state index contributed by atoms with van der Waals surface area (Å²) in [4.78, 5) is 52.9. The number of carbonyl (C=O) groups is 3. The molecular weight excluding hydrogens is 398 g/mol. The van der Waals surface area contributed by atoms with Gasteiger partial charge in [0.15, 0.2) is 5.16 Å². The van der Waals surface area contributed by atoms with Crippen molar-refractivity contribution >= 4 is 35.3 Å². The highest BCUT2D eigenvalue weighted by molar-refractivity contribution is 7.98. The minimum absolute atomic E-state index is 0.111. The molecule has 0 spiro atoms. The second-order valence-electron chi connectivity index (χ2n) is 5.62. The third kappa shape index (κ3) is 5.67. The Morgan fingerprint density at radius 2 is 1.83 bits per heavy atom. The number of nitrogens with one attached hydrogen (secondary N) is 1. The molecule has 1 heterocycles. The van der Waals surface area contributed by atoms with Crippen LogP contribution in [0.15, 0.2) is 40.4 Å². The Morgan fingerprint density at radius 1 is 1.14 bits per heavy atom. The zero-order valence-electron chi connectivity index (χ0n) is 16.3. The number of rotatable bonds is 8. The second kappa shape index (κ2) is 10.4. The highest BCUT2D eigenvalue weighted by Gasteiger charge is 2.19. The van der Waals surface area contributed by atoms with E-state index in [4.69, 9.17) is 9.47 Å². The van der Waals surface area contributed by atoms with Crippen LogP contribution >= 0.6 is 11.8 Å². The molecule has 0 saturated carbocycles. The number of ether oxygens (including phenoxy) is 2. The quantitative estimate of drug-likeness (QED) is 0.392. The van der Waals surface area contributed by atoms with Crippen LogP contribution in [0, 0.1) is 0 Å². The first-order valence-corrected chi connectivity index (χ1v) is 10.0. The number of amides is 1. The maximum atomic E-state index is 12.6. The van der Waals surface area contributed by atoms with Crippen molar-refractivity contribution in [1.82, 2.24) is 9.55 Å². The maximum absolute atomic E-state index is 12.6. The van der Waals surface area contributed by atoms with Gasteiger partial charge in [-0.3, -0.25) is 14.2 Å². The molecule has 0 bridgehead atoms. The number of hydrogen-bond donors (Lipinski definition) is 1. The Bertz CT molecular complexity index is 973. The number of aromatic nitrogens is 2. The van der Waals surface area contributed by atoms with E-state index in [2.05, 4.69) is 10.3 Å². The highest BCUT2D eigenvalue weighted by Crippen LogP contribution is 2.13. The molecule has 1 N–H and O–H groups in total. The number of anilines is 1. The van der Waals surface area contributed by atoms with Gasteiger partial charge in [-0.2, -0.15) is 0 Å². The summed E-state index contributed by atoms with van der Waals surface area (Å²) >= 11 is 1.16. The Labute approximate surface area is 171 Å². The number of nitrogens with zero attached hydrogens (tertiary/aromatic N) is 2. The lowest BCUT2D eigenvalue weighted by Crippen LogP contribution is -2.33. The topological polar surface area (TPSA) is 117 Å². The van der Waals surface area contributed by atoms with Gasteiger partial charge in [-0.15, -0.1) is 0 Å². The van der Waals surface area contributed by atoms with E-state index in [-0.39, 0.29) is 36.0 Å². The summed E-state index contributed by atoms with van der Waals surface area (Å²) in [6, 6.07) is 6.24. The molecule has 10 heteroatoms. The molecular formula is C19H21N3O6S. The predicted octanol–water partition coefficient (Wildman–Crippen LogP) is 1.96. The average Bonchev–Trinajstić information content (AvgIpc) is 2.70. The van der Waals surface area contributed by atoms with Crippen LogP contribution in [0.3, 0.4) is 0 Å². The Balaban J connectivity index is 2.23. The van der Waals surface area contributed by atoms with Crippen molar-refractivity contribution in [3.8, 4) is 0 Å². The van der Waals surface area contributed by atoms with Gasteiger partial charge in [-0.05, 0) is 38.3 Å². The monoisotopic (exact) mass is 419 g/mol. The fraction of sp³-hybridized carbons (Fsp3) is 0.316. The fourth-order valence-corrected chi connectivity index (χ4v) is 2.94. The molecule has 0 aliphatic rings. The largest absolute Gasteiger partial charge is 0.462 e. The minimum Gasteiger partial charge on any atom is -0.462 e. The summed E-state index contributed by atoms with van der Waals surface area (Å²) in [5.74, 6) is -1.82. The van der Waals surface area contributed by atoms with Gasteiger partial charge in [-0.1, -0.05) is 17.8 Å². The summed E-state index contributed by atoms with van der Waals surface area (Å²) < 4.78 is 10.9. The van der Waals surface area contributed by atoms with Crippen molar-refractivity contribution in [3.63, 3.8) is 0 Å². The van der Waals surface area contributed by atoms with E-state index in [1.54, 1.807) is 38.3 Å². The minimum atomic E-state index is -0.797. The molecule has 29 heavy (non-hydrogen) atoms. The third-order valence-electron chi connectivity index (χ3n) is 3.65. The van der Waals surface area contributed by atoms with Gasteiger partial charge in [-0.25, -0.2) is 14.6 Å². The van der Waals surface area contributed by atoms with Gasteiger partial charge in [0.05, 0.1) is 25.0 Å². The van der Waals surface area contributed by atoms with E-state index in [0.29, 0.717) is 5.69 Å². The van der Waals surface area contributed by atoms with Crippen LogP contribution in [0.1, 0.15) is 34.6 Å². The van der Waals surface area contributed by atoms with Crippen LogP contribution in [0.2, 0.25) is 0 Å². The SMILES string of the molecule is CCOC(=O)c1cccc(NC(=O)Cn2c(SC)ncc(C(=O)OCC)c2=O)c1. The smallest absolute Gasteiger partial charge is 0.345 e. The predicted molar refractivity (Wildman–Crippen MR) is 107 cm³/mol. The van der Waals surface area contributed by atoms with E-state index >= 15 is 0 Å². The maximum Gasteiger partial charge on any atom is 0.345 e. The van der Waals surface area contributed by atoms with E-state index in [1.165, 1.54) is 6.07 Å². The second-order valence-corrected chi connectivity index (χ2v) is 6.39. The van der Waals surface area contributed by atoms with Crippen LogP contribution < -0.4 is 10.9 Å². The standard InChI is InChI=1S/C19H21N3O6S/c1-4-27-17(25)12-7-6-8-13(9-12)21-15(23)11-22-16(24)14(18(26)28-5-2)10-20-19(22)29-3/h6-10H,4-5,11H2,1-3H3,(H,21,23). The van der Waals surface area contributed by atoms with Crippen LogP contribution in [0.5, 0.6) is 0 Å². The molecule has 1 aromatic carbocycles. The Morgan fingerprint density at radius 3 is 2.48 bits per heavy atom. The summed E-state index contributed by atoms with van der Waals surface area (Å²) in [5.41, 5.74) is -0.258. The van der Waals surface area contributed by atoms with Crippen LogP contribution in [0.4, 0.5) is 5.69 Å². The lowest BCUT2D eigenvalue weighted by molar-refractivity contribution is -0.116. The number of thioether (sulfide) groups is 1. The lowest BCUT2D eigenvalue weighted by Gasteiger charge is -2.12. The van der Waals surface area contributed by atoms with Gasteiger partial charge in [0.2, 0.25) is 5.91 Å². The first-order valence-electron chi connectivity index (χ1n) is 8.79. The molecule has 1 aromatic heterocycles. The first kappa shape index (κ1) is 22.2. The molecule has 0 fully saturated rings. The van der Waals surface area contributed by atoms with E-state index < -0.39 is 23.4 Å². The summed E-state index contributed by atoms with van der Waals surface area (Å²) in [5, 5.41) is 2.90. The molecule has 0 atom stereocenters. The summed E-state index contributed by atoms with van der Waals surface area (Å²) in [6.45, 7) is 3.30. The zero-order valence-corrected chi connectivity index (χ0v) is 17.1. The van der Waals surface area contributed by atoms with Crippen LogP contribution in [0.25, 0.3) is 0 Å². The molecule has 0 aliphatic carbocycles. The molecule has 1 amide bonds. The Kier molecular flexibility index (Phi) is 7.96. The van der Waals surface area contributed by atoms with Gasteiger partial charge in [0.25, 0.3) is 5.56 Å². The van der Waals surface area contributed by atoms with Gasteiger partial charge < -0.3 is 14.8 Å². The molecule has 0 radical (unpaired) electrons. The molecule has 0 saturated heterocycles. The normalized spacial score (nSPS) is 10.3. The van der Waals surface area contributed by atoms with Gasteiger partial charge in [0.1, 0.15) is 12.1 Å². The van der Waals surface area contributed by atoms with Crippen LogP contribution in [-0.4, -0.2) is 46.9 Å². The highest BCUT2D eigenvalue weighted by atomic mass is 32.2. The summed E-state index contributed by atoms with van der Waals surface area (Å²) in [7, 11) is 0. The van der Waals surface area contributed by atoms with Crippen LogP contribution in [-0.2, 0) is 20.8 Å². The van der Waals surface area contributed by atoms with Crippen molar-refractivity contribution in [2.75, 3.05) is 24.8 Å².